The van der Waals surface area contributed by atoms with Crippen molar-refractivity contribution in [2.45, 2.75) is 12.0 Å². The van der Waals surface area contributed by atoms with Crippen molar-refractivity contribution in [2.75, 3.05) is 24.3 Å². The number of hydrogen-bond acceptors (Lipinski definition) is 6. The normalized spacial score (nSPS) is 24.2. The fourth-order valence-corrected chi connectivity index (χ4v) is 4.66. The van der Waals surface area contributed by atoms with Crippen LogP contribution in [0.25, 0.3) is 0 Å². The van der Waals surface area contributed by atoms with E-state index in [1.807, 2.05) is 0 Å². The molecule has 1 amide bonds. The SMILES string of the molecule is NC1=N[C@@]2(c3cc(NC(=O)c4cccnc4F)ccc3F)COCC[C@H]2CS1. The Morgan fingerprint density at radius 1 is 1.36 bits per heavy atom. The molecule has 4 rings (SSSR count). The second kappa shape index (κ2) is 7.48. The van der Waals surface area contributed by atoms with Crippen LogP contribution in [0.2, 0.25) is 0 Å². The van der Waals surface area contributed by atoms with Gasteiger partial charge in [-0.2, -0.15) is 4.39 Å². The van der Waals surface area contributed by atoms with Crippen LogP contribution in [0.15, 0.2) is 41.5 Å². The van der Waals surface area contributed by atoms with Gasteiger partial charge in [-0.05, 0) is 36.8 Å². The molecule has 2 aliphatic rings. The standard InChI is InChI=1S/C19H18F2N4O2S/c20-15-4-3-12(24-17(26)13-2-1-6-23-16(13)21)8-14(15)19-10-27-7-5-11(19)9-28-18(22)25-19/h1-4,6,8,11H,5,7,9-10H2,(H2,22,25)(H,24,26)/t11-,19-/m0/s1. The third kappa shape index (κ3) is 3.35. The summed E-state index contributed by atoms with van der Waals surface area (Å²) in [5.74, 6) is -1.21. The molecule has 0 spiro atoms. The summed E-state index contributed by atoms with van der Waals surface area (Å²) in [6.07, 6.45) is 1.99. The summed E-state index contributed by atoms with van der Waals surface area (Å²) >= 11 is 1.45. The molecule has 0 unspecified atom stereocenters. The van der Waals surface area contributed by atoms with Gasteiger partial charge in [0.05, 0.1) is 12.2 Å². The van der Waals surface area contributed by atoms with Gasteiger partial charge in [0.1, 0.15) is 11.4 Å². The van der Waals surface area contributed by atoms with Crippen LogP contribution in [-0.2, 0) is 10.3 Å². The average molecular weight is 404 g/mol. The van der Waals surface area contributed by atoms with Crippen molar-refractivity contribution in [1.29, 1.82) is 0 Å². The van der Waals surface area contributed by atoms with Crippen molar-refractivity contribution in [3.05, 3.63) is 59.4 Å². The van der Waals surface area contributed by atoms with E-state index in [0.717, 1.165) is 12.2 Å². The Kier molecular flexibility index (Phi) is 5.03. The number of pyridine rings is 1. The summed E-state index contributed by atoms with van der Waals surface area (Å²) in [7, 11) is 0. The largest absolute Gasteiger partial charge is 0.379 e. The van der Waals surface area contributed by atoms with Gasteiger partial charge < -0.3 is 15.8 Å². The molecular weight excluding hydrogens is 386 g/mol. The number of amides is 1. The van der Waals surface area contributed by atoms with Gasteiger partial charge >= 0.3 is 0 Å². The van der Waals surface area contributed by atoms with Crippen molar-refractivity contribution >= 4 is 28.5 Å². The Morgan fingerprint density at radius 3 is 3.04 bits per heavy atom. The molecule has 3 heterocycles. The minimum absolute atomic E-state index is 0.0646. The van der Waals surface area contributed by atoms with Crippen molar-refractivity contribution in [3.8, 4) is 0 Å². The number of aromatic nitrogens is 1. The predicted octanol–water partition coefficient (Wildman–Crippen LogP) is 2.91. The lowest BCUT2D eigenvalue weighted by Gasteiger charge is -2.43. The lowest BCUT2D eigenvalue weighted by atomic mass is 9.76. The number of nitrogens with two attached hydrogens (primary N) is 1. The highest BCUT2D eigenvalue weighted by Gasteiger charge is 2.47. The number of ether oxygens (including phenoxy) is 1. The Bertz CT molecular complexity index is 955. The van der Waals surface area contributed by atoms with Crippen LogP contribution in [0.4, 0.5) is 14.5 Å². The fraction of sp³-hybridized carbons (Fsp3) is 0.316. The lowest BCUT2D eigenvalue weighted by Crippen LogP contribution is -2.48. The number of carbonyl (C=O) groups excluding carboxylic acids is 1. The van der Waals surface area contributed by atoms with Crippen LogP contribution in [0.1, 0.15) is 22.3 Å². The first-order valence-electron chi connectivity index (χ1n) is 8.77. The van der Waals surface area contributed by atoms with E-state index in [1.54, 1.807) is 0 Å². The van der Waals surface area contributed by atoms with E-state index in [1.165, 1.54) is 48.3 Å². The molecule has 146 valence electrons. The minimum atomic E-state index is -0.933. The molecular formula is C19H18F2N4O2S. The van der Waals surface area contributed by atoms with Gasteiger partial charge in [-0.15, -0.1) is 0 Å². The number of hydrogen-bond donors (Lipinski definition) is 2. The summed E-state index contributed by atoms with van der Waals surface area (Å²) in [6.45, 7) is 0.797. The quantitative estimate of drug-likeness (QED) is 0.768. The van der Waals surface area contributed by atoms with Gasteiger partial charge in [-0.1, -0.05) is 11.8 Å². The highest BCUT2D eigenvalue weighted by molar-refractivity contribution is 8.13. The predicted molar refractivity (Wildman–Crippen MR) is 103 cm³/mol. The number of nitrogens with one attached hydrogen (secondary N) is 1. The van der Waals surface area contributed by atoms with Crippen LogP contribution >= 0.6 is 11.8 Å². The maximum atomic E-state index is 14.8. The topological polar surface area (TPSA) is 89.6 Å². The van der Waals surface area contributed by atoms with Crippen molar-refractivity contribution in [1.82, 2.24) is 4.98 Å². The molecule has 28 heavy (non-hydrogen) atoms. The van der Waals surface area contributed by atoms with E-state index >= 15 is 0 Å². The van der Waals surface area contributed by atoms with Crippen LogP contribution < -0.4 is 11.1 Å². The Hall–Kier alpha value is -2.52. The summed E-state index contributed by atoms with van der Waals surface area (Å²) in [5, 5.41) is 2.98. The molecule has 1 aromatic carbocycles. The first-order valence-corrected chi connectivity index (χ1v) is 9.76. The number of thioether (sulfide) groups is 1. The number of nitrogens with zero attached hydrogens (tertiary/aromatic N) is 2. The molecule has 6 nitrogen and oxygen atoms in total. The third-order valence-electron chi connectivity index (χ3n) is 5.04. The number of amidine groups is 1. The maximum Gasteiger partial charge on any atom is 0.260 e. The van der Waals surface area contributed by atoms with Gasteiger partial charge in [-0.25, -0.2) is 14.4 Å². The first kappa shape index (κ1) is 18.8. The molecule has 0 radical (unpaired) electrons. The Labute approximate surface area is 164 Å². The molecule has 2 atom stereocenters. The van der Waals surface area contributed by atoms with E-state index < -0.39 is 23.2 Å². The van der Waals surface area contributed by atoms with Gasteiger partial charge in [0.25, 0.3) is 5.91 Å². The lowest BCUT2D eigenvalue weighted by molar-refractivity contribution is 0.00304. The molecule has 9 heteroatoms. The third-order valence-corrected chi connectivity index (χ3v) is 6.00. The van der Waals surface area contributed by atoms with Crippen LogP contribution in [0.5, 0.6) is 0 Å². The van der Waals surface area contributed by atoms with Crippen molar-refractivity contribution < 1.29 is 18.3 Å². The van der Waals surface area contributed by atoms with E-state index in [4.69, 9.17) is 10.5 Å². The van der Waals surface area contributed by atoms with E-state index in [0.29, 0.717) is 23.0 Å². The molecule has 1 fully saturated rings. The highest BCUT2D eigenvalue weighted by atomic mass is 32.2. The van der Waals surface area contributed by atoms with Gasteiger partial charge in [0.15, 0.2) is 5.17 Å². The number of rotatable bonds is 3. The number of fused-ring (bicyclic) bond motifs is 1. The zero-order chi connectivity index (χ0) is 19.7. The molecule has 3 N–H and O–H groups in total. The van der Waals surface area contributed by atoms with E-state index in [9.17, 15) is 13.6 Å². The van der Waals surface area contributed by atoms with E-state index in [2.05, 4.69) is 15.3 Å². The van der Waals surface area contributed by atoms with E-state index in [-0.39, 0.29) is 18.1 Å². The number of halogens is 2. The second-order valence-corrected chi connectivity index (χ2v) is 7.75. The second-order valence-electron chi connectivity index (χ2n) is 6.71. The smallest absolute Gasteiger partial charge is 0.260 e. The van der Waals surface area contributed by atoms with Crippen LogP contribution in [0.3, 0.4) is 0 Å². The van der Waals surface area contributed by atoms with Crippen LogP contribution in [-0.4, -0.2) is 35.0 Å². The summed E-state index contributed by atoms with van der Waals surface area (Å²) in [5.41, 5.74) is 5.46. The number of aliphatic imine (C=N–C) groups is 1. The number of benzene rings is 1. The summed E-state index contributed by atoms with van der Waals surface area (Å²) in [6, 6.07) is 7.00. The zero-order valence-corrected chi connectivity index (χ0v) is 15.6. The highest BCUT2D eigenvalue weighted by Crippen LogP contribution is 2.45. The fourth-order valence-electron chi connectivity index (χ4n) is 3.62. The molecule has 1 saturated heterocycles. The monoisotopic (exact) mass is 404 g/mol. The Balaban J connectivity index is 1.70. The maximum absolute atomic E-state index is 14.8. The first-order chi connectivity index (χ1) is 13.5. The molecule has 0 aliphatic carbocycles. The van der Waals surface area contributed by atoms with Crippen molar-refractivity contribution in [3.63, 3.8) is 0 Å². The Morgan fingerprint density at radius 2 is 2.21 bits per heavy atom. The molecule has 1 aromatic heterocycles. The van der Waals surface area contributed by atoms with Gasteiger partial charge in [0.2, 0.25) is 5.95 Å². The molecule has 0 saturated carbocycles. The minimum Gasteiger partial charge on any atom is -0.379 e. The van der Waals surface area contributed by atoms with Crippen LogP contribution in [0, 0.1) is 17.7 Å². The van der Waals surface area contributed by atoms with Crippen molar-refractivity contribution in [2.24, 2.45) is 16.6 Å². The van der Waals surface area contributed by atoms with Gasteiger partial charge in [0, 0.05) is 35.7 Å². The molecule has 0 bridgehead atoms. The number of carbonyl (C=O) groups is 1. The summed E-state index contributed by atoms with van der Waals surface area (Å²) in [4.78, 5) is 20.4. The average Bonchev–Trinajstić information content (AvgIpc) is 2.69. The molecule has 2 aliphatic heterocycles. The summed E-state index contributed by atoms with van der Waals surface area (Å²) < 4.78 is 34.2. The molecule has 2 aromatic rings. The van der Waals surface area contributed by atoms with Gasteiger partial charge in [-0.3, -0.25) is 4.79 Å². The number of anilines is 1. The zero-order valence-electron chi connectivity index (χ0n) is 14.8.